The molecule has 0 fully saturated rings. The number of nitriles is 1. The lowest BCUT2D eigenvalue weighted by Gasteiger charge is -2.26. The second-order valence-corrected chi connectivity index (χ2v) is 5.56. The molecule has 0 atom stereocenters. The first-order chi connectivity index (χ1) is 11.3. The lowest BCUT2D eigenvalue weighted by molar-refractivity contribution is -0.385. The predicted octanol–water partition coefficient (Wildman–Crippen LogP) is 2.00. The van der Waals surface area contributed by atoms with Crippen LogP contribution in [0.4, 0.5) is 11.4 Å². The van der Waals surface area contributed by atoms with Crippen LogP contribution in [0.3, 0.4) is 0 Å². The molecule has 1 aromatic carbocycles. The van der Waals surface area contributed by atoms with Gasteiger partial charge in [-0.2, -0.15) is 5.26 Å². The van der Waals surface area contributed by atoms with E-state index in [2.05, 4.69) is 5.32 Å². The number of benzene rings is 1. The van der Waals surface area contributed by atoms with E-state index >= 15 is 0 Å². The number of nitro groups is 1. The number of hydrogen-bond donors (Lipinski definition) is 1. The van der Waals surface area contributed by atoms with E-state index in [0.717, 1.165) is 22.9 Å². The number of pyridine rings is 1. The van der Waals surface area contributed by atoms with Crippen LogP contribution in [0.2, 0.25) is 0 Å². The van der Waals surface area contributed by atoms with Crippen molar-refractivity contribution in [2.45, 2.75) is 19.4 Å². The average molecular weight is 326 g/mol. The van der Waals surface area contributed by atoms with Crippen molar-refractivity contribution in [1.29, 1.82) is 5.26 Å². The van der Waals surface area contributed by atoms with Gasteiger partial charge in [-0.05, 0) is 32.0 Å². The maximum absolute atomic E-state index is 12.5. The van der Waals surface area contributed by atoms with Crippen molar-refractivity contribution in [3.05, 3.63) is 68.6 Å². The summed E-state index contributed by atoms with van der Waals surface area (Å²) in [7, 11) is 0. The molecular weight excluding hydrogens is 312 g/mol. The van der Waals surface area contributed by atoms with Crippen LogP contribution in [0.5, 0.6) is 0 Å². The largest absolute Gasteiger partial charge is 0.324 e. The third kappa shape index (κ3) is 3.30. The fraction of sp³-hybridized carbons (Fsp3) is 0.188. The van der Waals surface area contributed by atoms with Crippen LogP contribution in [0.25, 0.3) is 0 Å². The van der Waals surface area contributed by atoms with Crippen LogP contribution >= 0.6 is 0 Å². The first-order valence-corrected chi connectivity index (χ1v) is 6.95. The Morgan fingerprint density at radius 3 is 2.67 bits per heavy atom. The second kappa shape index (κ2) is 6.34. The normalized spacial score (nSPS) is 10.7. The quantitative estimate of drug-likeness (QED) is 0.681. The number of nitrogens with zero attached hydrogens (tertiary/aromatic N) is 3. The Morgan fingerprint density at radius 2 is 2.04 bits per heavy atom. The molecular formula is C16H14N4O4. The summed E-state index contributed by atoms with van der Waals surface area (Å²) >= 11 is 0. The third-order valence-electron chi connectivity index (χ3n) is 3.51. The summed E-state index contributed by atoms with van der Waals surface area (Å²) in [6.07, 6.45) is 1.04. The van der Waals surface area contributed by atoms with Crippen molar-refractivity contribution in [1.82, 2.24) is 4.57 Å². The highest BCUT2D eigenvalue weighted by molar-refractivity contribution is 5.96. The van der Waals surface area contributed by atoms with Crippen molar-refractivity contribution in [3.63, 3.8) is 0 Å². The standard InChI is InChI=1S/C16H14N4O4/c1-16(2,19-10-13(20(23)24)6-7-14(19)21)15(22)18-12-5-3-4-11(8-12)9-17/h3-8,10H,1-2H3,(H,18,22). The minimum absolute atomic E-state index is 0.290. The molecule has 0 aliphatic heterocycles. The van der Waals surface area contributed by atoms with Crippen molar-refractivity contribution in [3.8, 4) is 6.07 Å². The van der Waals surface area contributed by atoms with Gasteiger partial charge >= 0.3 is 0 Å². The molecule has 0 unspecified atom stereocenters. The molecule has 2 rings (SSSR count). The van der Waals surface area contributed by atoms with Crippen molar-refractivity contribution in [2.24, 2.45) is 0 Å². The number of anilines is 1. The maximum Gasteiger partial charge on any atom is 0.285 e. The number of nitrogens with one attached hydrogen (secondary N) is 1. The molecule has 8 heteroatoms. The molecule has 0 spiro atoms. The first kappa shape index (κ1) is 16.9. The molecule has 1 amide bonds. The molecule has 0 saturated carbocycles. The molecule has 24 heavy (non-hydrogen) atoms. The molecule has 122 valence electrons. The van der Waals surface area contributed by atoms with Gasteiger partial charge in [-0.3, -0.25) is 24.3 Å². The highest BCUT2D eigenvalue weighted by Gasteiger charge is 2.31. The van der Waals surface area contributed by atoms with E-state index in [9.17, 15) is 19.7 Å². The zero-order valence-corrected chi connectivity index (χ0v) is 13.0. The summed E-state index contributed by atoms with van der Waals surface area (Å²) in [6.45, 7) is 2.95. The highest BCUT2D eigenvalue weighted by Crippen LogP contribution is 2.20. The number of carbonyl (C=O) groups excluding carboxylic acids is 1. The van der Waals surface area contributed by atoms with E-state index in [4.69, 9.17) is 5.26 Å². The Morgan fingerprint density at radius 1 is 1.33 bits per heavy atom. The highest BCUT2D eigenvalue weighted by atomic mass is 16.6. The van der Waals surface area contributed by atoms with E-state index in [1.807, 2.05) is 6.07 Å². The zero-order valence-electron chi connectivity index (χ0n) is 13.0. The number of aromatic nitrogens is 1. The number of amides is 1. The molecule has 0 aliphatic rings. The van der Waals surface area contributed by atoms with Crippen molar-refractivity contribution >= 4 is 17.3 Å². The molecule has 1 aromatic heterocycles. The summed E-state index contributed by atoms with van der Waals surface area (Å²) in [5, 5.41) is 22.4. The van der Waals surface area contributed by atoms with Crippen molar-refractivity contribution < 1.29 is 9.72 Å². The maximum atomic E-state index is 12.5. The summed E-state index contributed by atoms with van der Waals surface area (Å²) in [5.74, 6) is -0.541. The summed E-state index contributed by atoms with van der Waals surface area (Å²) in [5.41, 5.74) is -1.43. The molecule has 0 aliphatic carbocycles. The van der Waals surface area contributed by atoms with E-state index in [1.165, 1.54) is 19.9 Å². The fourth-order valence-electron chi connectivity index (χ4n) is 2.08. The molecule has 2 aromatic rings. The van der Waals surface area contributed by atoms with Gasteiger partial charge in [-0.15, -0.1) is 0 Å². The zero-order chi connectivity index (χ0) is 17.9. The van der Waals surface area contributed by atoms with Gasteiger partial charge in [-0.1, -0.05) is 6.07 Å². The van der Waals surface area contributed by atoms with Crippen LogP contribution in [-0.2, 0) is 10.3 Å². The molecule has 0 saturated heterocycles. The number of hydrogen-bond acceptors (Lipinski definition) is 5. The summed E-state index contributed by atoms with van der Waals surface area (Å²) in [4.78, 5) is 34.8. The van der Waals surface area contributed by atoms with E-state index < -0.39 is 21.9 Å². The van der Waals surface area contributed by atoms with E-state index in [0.29, 0.717) is 11.3 Å². The average Bonchev–Trinajstić information content (AvgIpc) is 2.54. The Bertz CT molecular complexity index is 909. The summed E-state index contributed by atoms with van der Waals surface area (Å²) in [6, 6.07) is 10.4. The topological polar surface area (TPSA) is 118 Å². The lowest BCUT2D eigenvalue weighted by atomic mass is 10.0. The van der Waals surface area contributed by atoms with E-state index in [-0.39, 0.29) is 5.69 Å². The Hall–Kier alpha value is -3.47. The van der Waals surface area contributed by atoms with Crippen LogP contribution in [0, 0.1) is 21.4 Å². The number of carbonyl (C=O) groups is 1. The minimum atomic E-state index is -1.37. The monoisotopic (exact) mass is 326 g/mol. The van der Waals surface area contributed by atoms with Gasteiger partial charge in [0.05, 0.1) is 22.8 Å². The smallest absolute Gasteiger partial charge is 0.285 e. The van der Waals surface area contributed by atoms with Crippen LogP contribution in [0.1, 0.15) is 19.4 Å². The minimum Gasteiger partial charge on any atom is -0.324 e. The second-order valence-electron chi connectivity index (χ2n) is 5.56. The molecule has 0 bridgehead atoms. The Kier molecular flexibility index (Phi) is 4.46. The van der Waals surface area contributed by atoms with E-state index in [1.54, 1.807) is 18.2 Å². The number of rotatable bonds is 4. The first-order valence-electron chi connectivity index (χ1n) is 6.95. The van der Waals surface area contributed by atoms with Crippen LogP contribution < -0.4 is 10.9 Å². The fourth-order valence-corrected chi connectivity index (χ4v) is 2.08. The molecule has 8 nitrogen and oxygen atoms in total. The molecule has 0 radical (unpaired) electrons. The molecule has 1 heterocycles. The predicted molar refractivity (Wildman–Crippen MR) is 86.5 cm³/mol. The van der Waals surface area contributed by atoms with Crippen molar-refractivity contribution in [2.75, 3.05) is 5.32 Å². The Balaban J connectivity index is 2.37. The lowest BCUT2D eigenvalue weighted by Crippen LogP contribution is -2.45. The van der Waals surface area contributed by atoms with Crippen LogP contribution in [-0.4, -0.2) is 15.4 Å². The Labute approximate surface area is 137 Å². The van der Waals surface area contributed by atoms with Gasteiger partial charge in [-0.25, -0.2) is 0 Å². The van der Waals surface area contributed by atoms with Gasteiger partial charge in [0, 0.05) is 17.8 Å². The third-order valence-corrected chi connectivity index (χ3v) is 3.51. The van der Waals surface area contributed by atoms with Gasteiger partial charge in [0.25, 0.3) is 11.2 Å². The van der Waals surface area contributed by atoms with Crippen LogP contribution in [0.15, 0.2) is 47.4 Å². The van der Waals surface area contributed by atoms with Gasteiger partial charge in [0.15, 0.2) is 0 Å². The van der Waals surface area contributed by atoms with Gasteiger partial charge in [0.1, 0.15) is 5.54 Å². The molecule has 1 N–H and O–H groups in total. The van der Waals surface area contributed by atoms with Gasteiger partial charge < -0.3 is 5.32 Å². The SMILES string of the molecule is CC(C)(C(=O)Nc1cccc(C#N)c1)n1cc([N+](=O)[O-])ccc1=O. The summed E-state index contributed by atoms with van der Waals surface area (Å²) < 4.78 is 1.01. The van der Waals surface area contributed by atoms with Gasteiger partial charge in [0.2, 0.25) is 5.91 Å².